The van der Waals surface area contributed by atoms with Crippen LogP contribution in [0.3, 0.4) is 0 Å². The first-order valence-electron chi connectivity index (χ1n) is 11.2. The van der Waals surface area contributed by atoms with Crippen molar-refractivity contribution >= 4 is 31.7 Å². The minimum Gasteiger partial charge on any atom is -0.455 e. The number of hydrogen-bond acceptors (Lipinski definition) is 7. The zero-order chi connectivity index (χ0) is 24.4. The summed E-state index contributed by atoms with van der Waals surface area (Å²) in [6.07, 6.45) is 1.02. The summed E-state index contributed by atoms with van der Waals surface area (Å²) in [7, 11) is -6.77. The summed E-state index contributed by atoms with van der Waals surface area (Å²) in [5.41, 5.74) is 1.91. The highest BCUT2D eigenvalue weighted by atomic mass is 32.2. The fraction of sp³-hybridized carbons (Fsp3) is 0.636. The third-order valence-corrected chi connectivity index (χ3v) is 10.2. The van der Waals surface area contributed by atoms with Gasteiger partial charge < -0.3 is 9.64 Å². The molecule has 1 atom stereocenters. The molecular formula is C22H32N2O7S2. The van der Waals surface area contributed by atoms with Gasteiger partial charge in [0.25, 0.3) is 5.91 Å². The van der Waals surface area contributed by atoms with Crippen LogP contribution in [0, 0.1) is 19.8 Å². The Bertz CT molecular complexity index is 1110. The molecule has 0 aromatic heterocycles. The van der Waals surface area contributed by atoms with Crippen LogP contribution in [0.1, 0.15) is 37.3 Å². The van der Waals surface area contributed by atoms with Gasteiger partial charge in [-0.2, -0.15) is 4.31 Å². The zero-order valence-electron chi connectivity index (χ0n) is 19.3. The van der Waals surface area contributed by atoms with Crippen LogP contribution < -0.4 is 0 Å². The first kappa shape index (κ1) is 25.6. The first-order chi connectivity index (χ1) is 15.4. The lowest BCUT2D eigenvalue weighted by Gasteiger charge is -2.30. The standard InChI is InChI=1S/C22H32N2O7S2/c1-4-24(19-9-12-32(27,28)15-19)21(25)14-31-22(26)18-7-10-23(11-8-18)33(29,30)20-6-5-16(2)17(3)13-20/h5-6,13,18-19H,4,7-12,14-15H2,1-3H3/t19-/m0/s1. The maximum absolute atomic E-state index is 12.9. The second-order valence-electron chi connectivity index (χ2n) is 8.77. The third-order valence-electron chi connectivity index (χ3n) is 6.55. The molecule has 0 bridgehead atoms. The number of esters is 1. The lowest BCUT2D eigenvalue weighted by molar-refractivity contribution is -0.157. The number of sulfone groups is 1. The molecule has 33 heavy (non-hydrogen) atoms. The van der Waals surface area contributed by atoms with E-state index in [4.69, 9.17) is 4.74 Å². The first-order valence-corrected chi connectivity index (χ1v) is 14.4. The summed E-state index contributed by atoms with van der Waals surface area (Å²) in [5.74, 6) is -1.42. The van der Waals surface area contributed by atoms with Crippen molar-refractivity contribution in [2.75, 3.05) is 37.7 Å². The lowest BCUT2D eigenvalue weighted by atomic mass is 9.98. The number of ether oxygens (including phenoxy) is 1. The van der Waals surface area contributed by atoms with Crippen molar-refractivity contribution in [1.82, 2.24) is 9.21 Å². The molecule has 2 fully saturated rings. The largest absolute Gasteiger partial charge is 0.455 e. The van der Waals surface area contributed by atoms with E-state index in [2.05, 4.69) is 0 Å². The highest BCUT2D eigenvalue weighted by Gasteiger charge is 2.36. The molecular weight excluding hydrogens is 468 g/mol. The van der Waals surface area contributed by atoms with E-state index in [1.54, 1.807) is 25.1 Å². The van der Waals surface area contributed by atoms with Crippen molar-refractivity contribution in [3.63, 3.8) is 0 Å². The summed E-state index contributed by atoms with van der Waals surface area (Å²) in [6, 6.07) is 4.65. The monoisotopic (exact) mass is 500 g/mol. The van der Waals surface area contributed by atoms with Crippen molar-refractivity contribution < 1.29 is 31.2 Å². The van der Waals surface area contributed by atoms with Gasteiger partial charge in [0.1, 0.15) is 0 Å². The number of benzene rings is 1. The van der Waals surface area contributed by atoms with Crippen molar-refractivity contribution in [3.8, 4) is 0 Å². The average Bonchev–Trinajstić information content (AvgIpc) is 3.13. The number of rotatable bonds is 7. The van der Waals surface area contributed by atoms with E-state index in [9.17, 15) is 26.4 Å². The quantitative estimate of drug-likeness (QED) is 0.518. The Balaban J connectivity index is 1.52. The molecule has 0 aliphatic carbocycles. The molecule has 0 saturated carbocycles. The van der Waals surface area contributed by atoms with Gasteiger partial charge in [-0.3, -0.25) is 9.59 Å². The molecule has 11 heteroatoms. The summed E-state index contributed by atoms with van der Waals surface area (Å²) in [6.45, 7) is 5.84. The van der Waals surface area contributed by atoms with E-state index in [1.165, 1.54) is 9.21 Å². The van der Waals surface area contributed by atoms with Crippen LogP contribution >= 0.6 is 0 Å². The van der Waals surface area contributed by atoms with E-state index in [0.29, 0.717) is 25.8 Å². The molecule has 2 saturated heterocycles. The van der Waals surface area contributed by atoms with Crippen LogP contribution in [0.25, 0.3) is 0 Å². The topological polar surface area (TPSA) is 118 Å². The van der Waals surface area contributed by atoms with E-state index in [-0.39, 0.29) is 35.5 Å². The van der Waals surface area contributed by atoms with E-state index >= 15 is 0 Å². The summed E-state index contributed by atoms with van der Waals surface area (Å²) in [4.78, 5) is 26.7. The second-order valence-corrected chi connectivity index (χ2v) is 12.9. The molecule has 0 radical (unpaired) electrons. The van der Waals surface area contributed by atoms with Crippen LogP contribution in [-0.2, 0) is 34.2 Å². The number of amides is 1. The molecule has 9 nitrogen and oxygen atoms in total. The number of likely N-dealkylation sites (N-methyl/N-ethyl adjacent to an activating group) is 1. The van der Waals surface area contributed by atoms with Gasteiger partial charge in [-0.15, -0.1) is 0 Å². The van der Waals surface area contributed by atoms with Crippen LogP contribution in [0.2, 0.25) is 0 Å². The summed E-state index contributed by atoms with van der Waals surface area (Å²) < 4.78 is 55.9. The number of aryl methyl sites for hydroxylation is 2. The van der Waals surface area contributed by atoms with Gasteiger partial charge in [-0.25, -0.2) is 16.8 Å². The normalized spacial score (nSPS) is 21.6. The molecule has 184 valence electrons. The van der Waals surface area contributed by atoms with Crippen LogP contribution in [0.15, 0.2) is 23.1 Å². The van der Waals surface area contributed by atoms with Gasteiger partial charge in [0, 0.05) is 25.7 Å². The van der Waals surface area contributed by atoms with Gasteiger partial charge in [-0.1, -0.05) is 6.07 Å². The molecule has 1 amide bonds. The molecule has 1 aromatic rings. The molecule has 2 aliphatic heterocycles. The van der Waals surface area contributed by atoms with Gasteiger partial charge >= 0.3 is 5.97 Å². The molecule has 1 aromatic carbocycles. The highest BCUT2D eigenvalue weighted by molar-refractivity contribution is 7.91. The lowest BCUT2D eigenvalue weighted by Crippen LogP contribution is -2.44. The van der Waals surface area contributed by atoms with E-state index in [1.807, 2.05) is 13.8 Å². The van der Waals surface area contributed by atoms with Crippen molar-refractivity contribution in [1.29, 1.82) is 0 Å². The van der Waals surface area contributed by atoms with Crippen LogP contribution in [0.4, 0.5) is 0 Å². The summed E-state index contributed by atoms with van der Waals surface area (Å²) >= 11 is 0. The summed E-state index contributed by atoms with van der Waals surface area (Å²) in [5, 5.41) is 0. The van der Waals surface area contributed by atoms with Crippen LogP contribution in [0.5, 0.6) is 0 Å². The Hall–Kier alpha value is -1.98. The Morgan fingerprint density at radius 2 is 1.79 bits per heavy atom. The SMILES string of the molecule is CCN(C(=O)COC(=O)C1CCN(S(=O)(=O)c2ccc(C)c(C)c2)CC1)[C@H]1CCS(=O)(=O)C1. The molecule has 0 unspecified atom stereocenters. The Morgan fingerprint density at radius 1 is 1.12 bits per heavy atom. The molecule has 2 aliphatic rings. The van der Waals surface area contributed by atoms with E-state index in [0.717, 1.165) is 11.1 Å². The number of carbonyl (C=O) groups excluding carboxylic acids is 2. The third kappa shape index (κ3) is 5.93. The Morgan fingerprint density at radius 3 is 2.33 bits per heavy atom. The minimum absolute atomic E-state index is 0.0604. The minimum atomic E-state index is -3.64. The van der Waals surface area contributed by atoms with Crippen LogP contribution in [-0.4, -0.2) is 81.7 Å². The molecule has 0 spiro atoms. The molecule has 2 heterocycles. The van der Waals surface area contributed by atoms with E-state index < -0.39 is 44.3 Å². The van der Waals surface area contributed by atoms with Gasteiger partial charge in [-0.05, 0) is 63.3 Å². The number of nitrogens with zero attached hydrogens (tertiary/aromatic N) is 2. The Labute approximate surface area is 196 Å². The van der Waals surface area contributed by atoms with Gasteiger partial charge in [0.2, 0.25) is 10.0 Å². The van der Waals surface area contributed by atoms with Crippen molar-refractivity contribution in [3.05, 3.63) is 29.3 Å². The number of hydrogen-bond donors (Lipinski definition) is 0. The smallest absolute Gasteiger partial charge is 0.309 e. The predicted octanol–water partition coefficient (Wildman–Crippen LogP) is 1.28. The van der Waals surface area contributed by atoms with Crippen molar-refractivity contribution in [2.45, 2.75) is 51.0 Å². The number of piperidine rings is 1. The fourth-order valence-corrected chi connectivity index (χ4v) is 7.63. The van der Waals surface area contributed by atoms with Gasteiger partial charge in [0.15, 0.2) is 16.4 Å². The maximum Gasteiger partial charge on any atom is 0.309 e. The maximum atomic E-state index is 12.9. The highest BCUT2D eigenvalue weighted by Crippen LogP contribution is 2.26. The molecule has 3 rings (SSSR count). The Kier molecular flexibility index (Phi) is 7.85. The molecule has 0 N–H and O–H groups in total. The van der Waals surface area contributed by atoms with Crippen molar-refractivity contribution in [2.24, 2.45) is 5.92 Å². The second kappa shape index (κ2) is 10.1. The number of sulfonamides is 1. The predicted molar refractivity (Wildman–Crippen MR) is 123 cm³/mol. The van der Waals surface area contributed by atoms with Gasteiger partial charge in [0.05, 0.1) is 22.3 Å². The average molecular weight is 501 g/mol. The fourth-order valence-electron chi connectivity index (χ4n) is 4.35. The number of carbonyl (C=O) groups is 2. The zero-order valence-corrected chi connectivity index (χ0v) is 21.0.